The third-order valence-electron chi connectivity index (χ3n) is 1.85. The van der Waals surface area contributed by atoms with Crippen molar-refractivity contribution in [2.45, 2.75) is 0 Å². The number of aryl methyl sites for hydroxylation is 1. The van der Waals surface area contributed by atoms with Crippen LogP contribution in [0.15, 0.2) is 33.2 Å². The van der Waals surface area contributed by atoms with Crippen molar-refractivity contribution in [1.82, 2.24) is 9.78 Å². The molecule has 1 aromatic heterocycles. The van der Waals surface area contributed by atoms with E-state index in [0.717, 1.165) is 14.7 Å². The van der Waals surface area contributed by atoms with Crippen LogP contribution in [0.4, 0.5) is 0 Å². The first kappa shape index (κ1) is 10.7. The molecule has 77 valence electrons. The van der Waals surface area contributed by atoms with Crippen molar-refractivity contribution in [3.8, 4) is 11.6 Å². The van der Waals surface area contributed by atoms with Gasteiger partial charge in [0, 0.05) is 17.6 Å². The molecule has 0 N–H and O–H groups in total. The molecule has 3 nitrogen and oxygen atoms in total. The number of ether oxygens (including phenoxy) is 1. The van der Waals surface area contributed by atoms with E-state index in [1.54, 1.807) is 17.8 Å². The lowest BCUT2D eigenvalue weighted by molar-refractivity contribution is 0.428. The van der Waals surface area contributed by atoms with Crippen LogP contribution in [0.25, 0.3) is 0 Å². The molecule has 0 unspecified atom stereocenters. The molecule has 1 radical (unpaired) electrons. The summed E-state index contributed by atoms with van der Waals surface area (Å²) in [4.78, 5) is 0. The molecule has 2 aromatic rings. The van der Waals surface area contributed by atoms with Crippen LogP contribution in [0, 0.1) is 6.20 Å². The predicted molar refractivity (Wildman–Crippen MR) is 64.0 cm³/mol. The first-order valence-electron chi connectivity index (χ1n) is 4.20. The average Bonchev–Trinajstić information content (AvgIpc) is 2.60. The van der Waals surface area contributed by atoms with Crippen LogP contribution in [-0.4, -0.2) is 9.78 Å². The molecule has 0 spiro atoms. The van der Waals surface area contributed by atoms with Crippen LogP contribution in [0.1, 0.15) is 0 Å². The zero-order chi connectivity index (χ0) is 10.8. The zero-order valence-corrected chi connectivity index (χ0v) is 11.0. The topological polar surface area (TPSA) is 27.1 Å². The molecule has 0 saturated heterocycles. The molecule has 1 aromatic carbocycles. The smallest absolute Gasteiger partial charge is 0.218 e. The maximum atomic E-state index is 5.65. The van der Waals surface area contributed by atoms with Gasteiger partial charge in [-0.15, -0.1) is 0 Å². The Balaban J connectivity index is 2.33. The largest absolute Gasteiger partial charge is 0.438 e. The Bertz CT molecular complexity index is 482. The van der Waals surface area contributed by atoms with E-state index in [4.69, 9.17) is 4.74 Å². The van der Waals surface area contributed by atoms with Crippen LogP contribution in [0.2, 0.25) is 0 Å². The van der Waals surface area contributed by atoms with E-state index in [1.165, 1.54) is 0 Å². The average molecular weight is 331 g/mol. The van der Waals surface area contributed by atoms with Crippen molar-refractivity contribution in [2.24, 2.45) is 7.05 Å². The number of aromatic nitrogens is 2. The molecule has 0 aliphatic carbocycles. The standard InChI is InChI=1S/C10H7Br2N2O/c1-14-9(5-6-13-14)15-8-4-2-3-7(11)10(8)12/h2-5H,1H3. The maximum absolute atomic E-state index is 5.65. The van der Waals surface area contributed by atoms with Gasteiger partial charge in [-0.1, -0.05) is 6.07 Å². The Morgan fingerprint density at radius 1 is 1.40 bits per heavy atom. The van der Waals surface area contributed by atoms with Gasteiger partial charge in [0.15, 0.2) is 0 Å². The second kappa shape index (κ2) is 4.37. The molecule has 0 aliphatic heterocycles. The van der Waals surface area contributed by atoms with Crippen molar-refractivity contribution < 1.29 is 4.74 Å². The minimum Gasteiger partial charge on any atom is -0.438 e. The summed E-state index contributed by atoms with van der Waals surface area (Å²) in [6, 6.07) is 7.41. The van der Waals surface area contributed by atoms with E-state index in [2.05, 4.69) is 43.2 Å². The van der Waals surface area contributed by atoms with E-state index in [9.17, 15) is 0 Å². The zero-order valence-electron chi connectivity index (χ0n) is 7.87. The van der Waals surface area contributed by atoms with Crippen LogP contribution in [-0.2, 0) is 7.05 Å². The molecule has 5 heteroatoms. The van der Waals surface area contributed by atoms with E-state index >= 15 is 0 Å². The number of rotatable bonds is 2. The molecular formula is C10H7Br2N2O. The number of hydrogen-bond donors (Lipinski definition) is 0. The van der Waals surface area contributed by atoms with E-state index in [-0.39, 0.29) is 0 Å². The number of nitrogens with zero attached hydrogens (tertiary/aromatic N) is 2. The normalized spacial score (nSPS) is 10.3. The van der Waals surface area contributed by atoms with Crippen molar-refractivity contribution in [1.29, 1.82) is 0 Å². The Kier molecular flexibility index (Phi) is 3.11. The van der Waals surface area contributed by atoms with Gasteiger partial charge < -0.3 is 4.74 Å². The fourth-order valence-electron chi connectivity index (χ4n) is 1.08. The molecule has 1 heterocycles. The molecule has 0 amide bonds. The summed E-state index contributed by atoms with van der Waals surface area (Å²) >= 11 is 6.85. The highest BCUT2D eigenvalue weighted by atomic mass is 79.9. The highest BCUT2D eigenvalue weighted by Gasteiger charge is 2.07. The maximum Gasteiger partial charge on any atom is 0.218 e. The first-order chi connectivity index (χ1) is 7.18. The molecular weight excluding hydrogens is 324 g/mol. The third-order valence-corrected chi connectivity index (χ3v) is 3.86. The molecule has 2 rings (SSSR count). The van der Waals surface area contributed by atoms with Crippen molar-refractivity contribution >= 4 is 31.9 Å². The Morgan fingerprint density at radius 3 is 2.87 bits per heavy atom. The molecule has 0 saturated carbocycles. The van der Waals surface area contributed by atoms with Gasteiger partial charge in [0.2, 0.25) is 5.88 Å². The predicted octanol–water partition coefficient (Wildman–Crippen LogP) is 3.54. The van der Waals surface area contributed by atoms with Gasteiger partial charge in [-0.2, -0.15) is 5.10 Å². The van der Waals surface area contributed by atoms with Gasteiger partial charge in [0.05, 0.1) is 4.47 Å². The highest BCUT2D eigenvalue weighted by molar-refractivity contribution is 9.13. The van der Waals surface area contributed by atoms with Crippen molar-refractivity contribution in [3.63, 3.8) is 0 Å². The SMILES string of the molecule is Cn1n[c]cc1Oc1cccc(Br)c1Br. The molecule has 15 heavy (non-hydrogen) atoms. The second-order valence-electron chi connectivity index (χ2n) is 2.89. The Labute approximate surface area is 104 Å². The Morgan fingerprint density at radius 2 is 2.20 bits per heavy atom. The highest BCUT2D eigenvalue weighted by Crippen LogP contribution is 2.34. The number of hydrogen-bond acceptors (Lipinski definition) is 2. The lowest BCUT2D eigenvalue weighted by atomic mass is 10.3. The van der Waals surface area contributed by atoms with Gasteiger partial charge in [0.25, 0.3) is 0 Å². The van der Waals surface area contributed by atoms with Crippen LogP contribution < -0.4 is 4.74 Å². The van der Waals surface area contributed by atoms with Crippen LogP contribution in [0.5, 0.6) is 11.6 Å². The summed E-state index contributed by atoms with van der Waals surface area (Å²) in [5.74, 6) is 1.38. The lowest BCUT2D eigenvalue weighted by Gasteiger charge is -2.08. The van der Waals surface area contributed by atoms with Gasteiger partial charge in [0.1, 0.15) is 11.9 Å². The van der Waals surface area contributed by atoms with Gasteiger partial charge >= 0.3 is 0 Å². The minimum atomic E-state index is 0.647. The lowest BCUT2D eigenvalue weighted by Crippen LogP contribution is -1.95. The fraction of sp³-hybridized carbons (Fsp3) is 0.100. The van der Waals surface area contributed by atoms with Crippen LogP contribution in [0.3, 0.4) is 0 Å². The van der Waals surface area contributed by atoms with Gasteiger partial charge in [-0.05, 0) is 44.0 Å². The van der Waals surface area contributed by atoms with Gasteiger partial charge in [-0.3, -0.25) is 0 Å². The third kappa shape index (κ3) is 2.23. The second-order valence-corrected chi connectivity index (χ2v) is 4.54. The molecule has 0 aliphatic rings. The summed E-state index contributed by atoms with van der Waals surface area (Å²) < 4.78 is 9.10. The van der Waals surface area contributed by atoms with Crippen molar-refractivity contribution in [3.05, 3.63) is 39.4 Å². The molecule has 0 fully saturated rings. The fourth-order valence-corrected chi connectivity index (χ4v) is 1.78. The monoisotopic (exact) mass is 329 g/mol. The number of halogens is 2. The summed E-state index contributed by atoms with van der Waals surface area (Å²) in [5.41, 5.74) is 0. The summed E-state index contributed by atoms with van der Waals surface area (Å²) in [6.07, 6.45) is 2.71. The molecule has 0 bridgehead atoms. The molecule has 0 atom stereocenters. The number of benzene rings is 1. The first-order valence-corrected chi connectivity index (χ1v) is 5.79. The minimum absolute atomic E-state index is 0.647. The van der Waals surface area contributed by atoms with E-state index in [1.807, 2.05) is 18.2 Å². The van der Waals surface area contributed by atoms with Crippen LogP contribution >= 0.6 is 31.9 Å². The summed E-state index contributed by atoms with van der Waals surface area (Å²) in [6.45, 7) is 0. The summed E-state index contributed by atoms with van der Waals surface area (Å²) in [7, 11) is 1.80. The Hall–Kier alpha value is -0.810. The van der Waals surface area contributed by atoms with E-state index in [0.29, 0.717) is 5.88 Å². The summed E-state index contributed by atoms with van der Waals surface area (Å²) in [5, 5.41) is 3.90. The van der Waals surface area contributed by atoms with Crippen molar-refractivity contribution in [2.75, 3.05) is 0 Å². The van der Waals surface area contributed by atoms with Gasteiger partial charge in [-0.25, -0.2) is 4.68 Å². The quantitative estimate of drug-likeness (QED) is 0.842. The van der Waals surface area contributed by atoms with E-state index < -0.39 is 0 Å².